The van der Waals surface area contributed by atoms with E-state index in [1.165, 1.54) is 6.92 Å². The molecule has 0 heterocycles. The molecule has 0 bridgehead atoms. The molecule has 0 saturated carbocycles. The summed E-state index contributed by atoms with van der Waals surface area (Å²) >= 11 is 0.983. The number of carbonyl (C=O) groups is 2. The number of unbranched alkanes of at least 4 members (excludes halogenated alkanes) is 3. The van der Waals surface area contributed by atoms with Crippen molar-refractivity contribution >= 4 is 30.6 Å². The molecule has 1 amide bonds. The van der Waals surface area contributed by atoms with Crippen molar-refractivity contribution in [2.45, 2.75) is 32.6 Å². The summed E-state index contributed by atoms with van der Waals surface area (Å²) in [5, 5.41) is 2.63. The van der Waals surface area contributed by atoms with Crippen molar-refractivity contribution in [3.63, 3.8) is 0 Å². The number of phosphoric acid groups is 1. The van der Waals surface area contributed by atoms with Crippen LogP contribution in [0.1, 0.15) is 32.6 Å². The minimum absolute atomic E-state index is 0.0770. The Labute approximate surface area is 123 Å². The van der Waals surface area contributed by atoms with Crippen molar-refractivity contribution in [2.75, 3.05) is 26.0 Å². The second kappa shape index (κ2) is 11.3. The summed E-state index contributed by atoms with van der Waals surface area (Å²) in [5.74, 6) is -0.000163. The Kier molecular flexibility index (Phi) is 11.1. The van der Waals surface area contributed by atoms with Gasteiger partial charge in [0.1, 0.15) is 0 Å². The van der Waals surface area contributed by atoms with Crippen LogP contribution < -0.4 is 10.2 Å². The van der Waals surface area contributed by atoms with Crippen molar-refractivity contribution in [1.29, 1.82) is 0 Å². The number of nitrogens with one attached hydrogen (secondary N) is 1. The molecule has 0 spiro atoms. The van der Waals surface area contributed by atoms with E-state index in [4.69, 9.17) is 0 Å². The molecule has 1 atom stereocenters. The van der Waals surface area contributed by atoms with E-state index in [0.29, 0.717) is 13.0 Å². The van der Waals surface area contributed by atoms with Gasteiger partial charge in [0.2, 0.25) is 5.91 Å². The van der Waals surface area contributed by atoms with Gasteiger partial charge in [-0.3, -0.25) is 14.2 Å². The summed E-state index contributed by atoms with van der Waals surface area (Å²) in [6.45, 7) is 2.08. The standard InChI is InChI=1S/C11H22NO6PS/c1-10(13)20-9-11(14)12-7-5-3-4-6-8-18-19(15,16)17-2/h3-9H2,1-2H3,(H,12,14)(H,15,16)/p-1. The van der Waals surface area contributed by atoms with Crippen molar-refractivity contribution in [1.82, 2.24) is 5.32 Å². The van der Waals surface area contributed by atoms with Crippen LogP contribution in [0.15, 0.2) is 0 Å². The zero-order valence-corrected chi connectivity index (χ0v) is 13.5. The molecule has 0 aromatic carbocycles. The van der Waals surface area contributed by atoms with Gasteiger partial charge in [-0.05, 0) is 12.8 Å². The molecule has 0 aromatic heterocycles. The third-order valence-corrected chi connectivity index (χ3v) is 4.03. The zero-order chi connectivity index (χ0) is 15.4. The molecule has 0 aliphatic rings. The van der Waals surface area contributed by atoms with Gasteiger partial charge in [0, 0.05) is 20.6 Å². The summed E-state index contributed by atoms with van der Waals surface area (Å²) in [6, 6.07) is 0. The fraction of sp³-hybridized carbons (Fsp3) is 0.818. The van der Waals surface area contributed by atoms with Gasteiger partial charge in [0.25, 0.3) is 7.82 Å². The maximum absolute atomic E-state index is 11.2. The Bertz CT molecular complexity index is 352. The fourth-order valence-electron chi connectivity index (χ4n) is 1.26. The molecule has 1 N–H and O–H groups in total. The minimum Gasteiger partial charge on any atom is -0.756 e. The topological polar surface area (TPSA) is 105 Å². The average molecular weight is 326 g/mol. The molecule has 7 nitrogen and oxygen atoms in total. The molecule has 20 heavy (non-hydrogen) atoms. The van der Waals surface area contributed by atoms with Crippen molar-refractivity contribution < 1.29 is 28.1 Å². The van der Waals surface area contributed by atoms with Gasteiger partial charge in [0.05, 0.1) is 12.4 Å². The van der Waals surface area contributed by atoms with Crippen LogP contribution in [0, 0.1) is 0 Å². The van der Waals surface area contributed by atoms with Gasteiger partial charge >= 0.3 is 0 Å². The Balaban J connectivity index is 3.35. The number of hydrogen-bond acceptors (Lipinski definition) is 7. The van der Waals surface area contributed by atoms with E-state index in [1.807, 2.05) is 0 Å². The third-order valence-electron chi connectivity index (χ3n) is 2.27. The second-order valence-electron chi connectivity index (χ2n) is 4.01. The maximum atomic E-state index is 11.2. The summed E-state index contributed by atoms with van der Waals surface area (Å²) in [5.41, 5.74) is 0. The van der Waals surface area contributed by atoms with Crippen LogP contribution in [0.25, 0.3) is 0 Å². The predicted molar refractivity (Wildman–Crippen MR) is 75.2 cm³/mol. The summed E-state index contributed by atoms with van der Waals surface area (Å²) in [7, 11) is -3.04. The van der Waals surface area contributed by atoms with E-state index in [-0.39, 0.29) is 23.4 Å². The number of phosphoric ester groups is 1. The molecule has 9 heteroatoms. The van der Waals surface area contributed by atoms with Gasteiger partial charge in [-0.2, -0.15) is 0 Å². The first kappa shape index (κ1) is 19.6. The van der Waals surface area contributed by atoms with E-state index >= 15 is 0 Å². The predicted octanol–water partition coefficient (Wildman–Crippen LogP) is 1.07. The SMILES string of the molecule is COP(=O)([O-])OCCCCCCNC(=O)CSC(C)=O. The fourth-order valence-corrected chi connectivity index (χ4v) is 2.15. The van der Waals surface area contributed by atoms with Gasteiger partial charge < -0.3 is 19.3 Å². The lowest BCUT2D eigenvalue weighted by Gasteiger charge is -2.19. The average Bonchev–Trinajstić information content (AvgIpc) is 2.39. The van der Waals surface area contributed by atoms with Gasteiger partial charge in [-0.25, -0.2) is 0 Å². The summed E-state index contributed by atoms with van der Waals surface area (Å²) in [4.78, 5) is 32.7. The molecule has 0 rings (SSSR count). The number of rotatable bonds is 11. The first-order chi connectivity index (χ1) is 9.37. The Morgan fingerprint density at radius 1 is 1.25 bits per heavy atom. The van der Waals surface area contributed by atoms with E-state index in [2.05, 4.69) is 14.4 Å². The highest BCUT2D eigenvalue weighted by atomic mass is 32.2. The number of thioether (sulfide) groups is 1. The molecule has 0 aromatic rings. The number of amides is 1. The van der Waals surface area contributed by atoms with Gasteiger partial charge in [-0.15, -0.1) is 0 Å². The van der Waals surface area contributed by atoms with Crippen LogP contribution in [0.5, 0.6) is 0 Å². The minimum atomic E-state index is -4.10. The van der Waals surface area contributed by atoms with E-state index in [9.17, 15) is 19.0 Å². The zero-order valence-electron chi connectivity index (χ0n) is 11.8. The van der Waals surface area contributed by atoms with E-state index < -0.39 is 7.82 Å². The normalized spacial score (nSPS) is 13.8. The molecule has 0 aliphatic carbocycles. The highest BCUT2D eigenvalue weighted by Gasteiger charge is 2.05. The maximum Gasteiger partial charge on any atom is 0.267 e. The summed E-state index contributed by atoms with van der Waals surface area (Å²) < 4.78 is 19.5. The van der Waals surface area contributed by atoms with Crippen molar-refractivity contribution in [2.24, 2.45) is 0 Å². The third kappa shape index (κ3) is 12.6. The molecule has 0 fully saturated rings. The Hall–Kier alpha value is -0.400. The van der Waals surface area contributed by atoms with Crippen molar-refractivity contribution in [3.8, 4) is 0 Å². The van der Waals surface area contributed by atoms with Crippen LogP contribution in [0.2, 0.25) is 0 Å². The molecular weight excluding hydrogens is 305 g/mol. The molecule has 0 aliphatic heterocycles. The number of hydrogen-bond donors (Lipinski definition) is 1. The Morgan fingerprint density at radius 2 is 1.90 bits per heavy atom. The quantitative estimate of drug-likeness (QED) is 0.447. The smallest absolute Gasteiger partial charge is 0.267 e. The monoisotopic (exact) mass is 326 g/mol. The van der Waals surface area contributed by atoms with Crippen LogP contribution in [-0.4, -0.2) is 37.0 Å². The first-order valence-corrected chi connectivity index (χ1v) is 8.73. The van der Waals surface area contributed by atoms with Crippen molar-refractivity contribution in [3.05, 3.63) is 0 Å². The summed E-state index contributed by atoms with van der Waals surface area (Å²) in [6.07, 6.45) is 3.08. The van der Waals surface area contributed by atoms with Crippen LogP contribution in [0.3, 0.4) is 0 Å². The molecular formula is C11H21NO6PS-. The van der Waals surface area contributed by atoms with E-state index in [0.717, 1.165) is 38.1 Å². The first-order valence-electron chi connectivity index (χ1n) is 6.29. The van der Waals surface area contributed by atoms with Crippen LogP contribution in [-0.2, 0) is 23.2 Å². The second-order valence-corrected chi connectivity index (χ2v) is 6.68. The van der Waals surface area contributed by atoms with Crippen LogP contribution >= 0.6 is 19.6 Å². The van der Waals surface area contributed by atoms with Gasteiger partial charge in [0.15, 0.2) is 5.12 Å². The molecule has 1 unspecified atom stereocenters. The highest BCUT2D eigenvalue weighted by Crippen LogP contribution is 2.36. The van der Waals surface area contributed by atoms with Gasteiger partial charge in [-0.1, -0.05) is 24.6 Å². The number of carbonyl (C=O) groups excluding carboxylic acids is 2. The Morgan fingerprint density at radius 3 is 2.50 bits per heavy atom. The lowest BCUT2D eigenvalue weighted by Crippen LogP contribution is -2.26. The molecule has 0 saturated heterocycles. The molecule has 118 valence electrons. The molecule has 0 radical (unpaired) electrons. The van der Waals surface area contributed by atoms with Crippen LogP contribution in [0.4, 0.5) is 0 Å². The lowest BCUT2D eigenvalue weighted by atomic mass is 10.2. The lowest BCUT2D eigenvalue weighted by molar-refractivity contribution is -0.223. The van der Waals surface area contributed by atoms with E-state index in [1.54, 1.807) is 0 Å². The largest absolute Gasteiger partial charge is 0.756 e. The highest BCUT2D eigenvalue weighted by molar-refractivity contribution is 8.14.